The fourth-order valence-corrected chi connectivity index (χ4v) is 10.7. The van der Waals surface area contributed by atoms with Crippen molar-refractivity contribution in [1.82, 2.24) is 24.9 Å². The molecule has 0 fully saturated rings. The summed E-state index contributed by atoms with van der Waals surface area (Å²) in [6, 6.07) is 78.7. The van der Waals surface area contributed by atoms with Gasteiger partial charge in [-0.15, -0.1) is 0 Å². The van der Waals surface area contributed by atoms with E-state index in [4.69, 9.17) is 29.3 Å². The van der Waals surface area contributed by atoms with E-state index < -0.39 is 0 Å². The monoisotopic (exact) mass is 881 g/mol. The Morgan fingerprint density at radius 1 is 0.275 bits per heavy atom. The Kier molecular flexibility index (Phi) is 8.92. The third-order valence-electron chi connectivity index (χ3n) is 13.9. The number of hydrogen-bond acceptors (Lipinski definition) is 6. The van der Waals surface area contributed by atoms with Crippen molar-refractivity contribution in [1.29, 1.82) is 0 Å². The predicted octanol–water partition coefficient (Wildman–Crippen LogP) is 15.2. The SMILES string of the molecule is c1ccc(-c2nc(-c3ccc(-c4cccc5c4oc4ccccc45)cc3)cc(-c3ccc4c(c3)C3c5ccccc5C4c4cc(-c5nc(-c6ccccc6)nc(-c6ccccc6)n5)ccc43)n2)cc1. The molecule has 0 spiro atoms. The van der Waals surface area contributed by atoms with E-state index in [9.17, 15) is 0 Å². The second kappa shape index (κ2) is 15.8. The van der Waals surface area contributed by atoms with Gasteiger partial charge in [-0.05, 0) is 63.2 Å². The van der Waals surface area contributed by atoms with Crippen molar-refractivity contribution in [3.63, 3.8) is 0 Å². The highest BCUT2D eigenvalue weighted by Gasteiger charge is 2.41. The number of furan rings is 1. The van der Waals surface area contributed by atoms with Crippen LogP contribution in [0.25, 0.3) is 101 Å². The molecule has 0 saturated heterocycles. The Hall–Kier alpha value is -9.13. The highest BCUT2D eigenvalue weighted by molar-refractivity contribution is 6.09. The first-order valence-corrected chi connectivity index (χ1v) is 23.4. The van der Waals surface area contributed by atoms with Crippen molar-refractivity contribution >= 4 is 21.9 Å². The summed E-state index contributed by atoms with van der Waals surface area (Å²) in [5.41, 5.74) is 19.5. The fourth-order valence-electron chi connectivity index (χ4n) is 10.7. The molecule has 9 aromatic carbocycles. The first kappa shape index (κ1) is 39.1. The van der Waals surface area contributed by atoms with Crippen LogP contribution in [0.5, 0.6) is 0 Å². The minimum Gasteiger partial charge on any atom is -0.455 e. The lowest BCUT2D eigenvalue weighted by atomic mass is 9.60. The van der Waals surface area contributed by atoms with Gasteiger partial charge in [-0.2, -0.15) is 0 Å². The van der Waals surface area contributed by atoms with Crippen molar-refractivity contribution in [3.05, 3.63) is 258 Å². The number of nitrogens with zero attached hydrogens (tertiary/aromatic N) is 5. The van der Waals surface area contributed by atoms with E-state index in [0.717, 1.165) is 77.8 Å². The maximum atomic E-state index is 6.41. The summed E-state index contributed by atoms with van der Waals surface area (Å²) in [6.07, 6.45) is 0. The van der Waals surface area contributed by atoms with Crippen LogP contribution in [0.2, 0.25) is 0 Å². The van der Waals surface area contributed by atoms with E-state index in [-0.39, 0.29) is 11.8 Å². The summed E-state index contributed by atoms with van der Waals surface area (Å²) in [7, 11) is 0. The average molecular weight is 882 g/mol. The van der Waals surface area contributed by atoms with Crippen LogP contribution < -0.4 is 0 Å². The summed E-state index contributed by atoms with van der Waals surface area (Å²) in [5, 5.41) is 2.24. The van der Waals surface area contributed by atoms with Crippen LogP contribution >= 0.6 is 0 Å². The molecule has 2 bridgehead atoms. The minimum absolute atomic E-state index is 0.0407. The maximum Gasteiger partial charge on any atom is 0.164 e. The zero-order valence-electron chi connectivity index (χ0n) is 37.2. The lowest BCUT2D eigenvalue weighted by Crippen LogP contribution is -2.27. The predicted molar refractivity (Wildman–Crippen MR) is 276 cm³/mol. The highest BCUT2D eigenvalue weighted by atomic mass is 16.3. The number of rotatable bonds is 7. The molecule has 15 rings (SSSR count). The molecule has 0 saturated carbocycles. The summed E-state index contributed by atoms with van der Waals surface area (Å²) in [6.45, 7) is 0. The molecule has 69 heavy (non-hydrogen) atoms. The molecule has 3 aromatic heterocycles. The highest BCUT2D eigenvalue weighted by Crippen LogP contribution is 2.56. The van der Waals surface area contributed by atoms with Gasteiger partial charge in [-0.3, -0.25) is 0 Å². The Bertz CT molecular complexity index is 3900. The van der Waals surface area contributed by atoms with Crippen LogP contribution in [-0.4, -0.2) is 24.9 Å². The molecule has 0 N–H and O–H groups in total. The lowest BCUT2D eigenvalue weighted by Gasteiger charge is -2.42. The summed E-state index contributed by atoms with van der Waals surface area (Å²) in [4.78, 5) is 25.6. The second-order valence-corrected chi connectivity index (χ2v) is 17.9. The van der Waals surface area contributed by atoms with Crippen molar-refractivity contribution in [2.24, 2.45) is 0 Å². The van der Waals surface area contributed by atoms with Crippen LogP contribution in [0.4, 0.5) is 0 Å². The normalized spacial score (nSPS) is 14.4. The molecule has 3 aliphatic carbocycles. The number of hydrogen-bond donors (Lipinski definition) is 0. The second-order valence-electron chi connectivity index (χ2n) is 17.9. The summed E-state index contributed by atoms with van der Waals surface area (Å²) < 4.78 is 6.41. The van der Waals surface area contributed by atoms with Crippen LogP contribution in [0.15, 0.2) is 229 Å². The van der Waals surface area contributed by atoms with Crippen LogP contribution in [0.1, 0.15) is 45.2 Å². The van der Waals surface area contributed by atoms with Crippen LogP contribution in [-0.2, 0) is 0 Å². The number of para-hydroxylation sites is 2. The molecule has 6 nitrogen and oxygen atoms in total. The molecule has 6 heteroatoms. The van der Waals surface area contributed by atoms with Gasteiger partial charge in [-0.25, -0.2) is 24.9 Å². The lowest BCUT2D eigenvalue weighted by molar-refractivity contribution is 0.670. The van der Waals surface area contributed by atoms with Gasteiger partial charge in [0, 0.05) is 61.6 Å². The van der Waals surface area contributed by atoms with Crippen molar-refractivity contribution in [3.8, 4) is 79.2 Å². The largest absolute Gasteiger partial charge is 0.455 e. The van der Waals surface area contributed by atoms with Gasteiger partial charge in [0.1, 0.15) is 11.2 Å². The van der Waals surface area contributed by atoms with Crippen molar-refractivity contribution in [2.45, 2.75) is 11.8 Å². The molecule has 2 atom stereocenters. The smallest absolute Gasteiger partial charge is 0.164 e. The molecule has 12 aromatic rings. The number of aromatic nitrogens is 5. The minimum atomic E-state index is 0.0407. The van der Waals surface area contributed by atoms with Gasteiger partial charge >= 0.3 is 0 Å². The molecule has 3 aliphatic rings. The van der Waals surface area contributed by atoms with Gasteiger partial charge in [-0.1, -0.05) is 200 Å². The average Bonchev–Trinajstić information content (AvgIpc) is 3.82. The molecular weight excluding hydrogens is 843 g/mol. The standard InChI is InChI=1S/C63H39N5O/c1-4-15-40(16-5-1)60-64-54(39-29-27-38(28-30-39)45-24-14-25-51-46-21-12-13-26-56(46)69-59(45)51)37-55(65-60)43-31-33-49-52(35-43)57-47-22-10-11-23-48(47)58(49)53-36-44(32-34-50(53)57)63-67-61(41-17-6-2-7-18-41)66-62(68-63)42-19-8-3-9-20-42/h1-37,57-58H. The van der Waals surface area contributed by atoms with E-state index >= 15 is 0 Å². The molecule has 0 aliphatic heterocycles. The zero-order valence-corrected chi connectivity index (χ0v) is 37.2. The number of benzene rings is 9. The first-order valence-electron chi connectivity index (χ1n) is 23.4. The molecule has 322 valence electrons. The third-order valence-corrected chi connectivity index (χ3v) is 13.9. The van der Waals surface area contributed by atoms with E-state index in [2.05, 4.69) is 158 Å². The zero-order chi connectivity index (χ0) is 45.4. The maximum absolute atomic E-state index is 6.41. The fraction of sp³-hybridized carbons (Fsp3) is 0.0317. The third kappa shape index (κ3) is 6.52. The Morgan fingerprint density at radius 2 is 0.710 bits per heavy atom. The van der Waals surface area contributed by atoms with Gasteiger partial charge < -0.3 is 4.42 Å². The molecular formula is C63H39N5O. The van der Waals surface area contributed by atoms with Crippen molar-refractivity contribution < 1.29 is 4.42 Å². The van der Waals surface area contributed by atoms with E-state index in [1.54, 1.807) is 0 Å². The van der Waals surface area contributed by atoms with E-state index in [1.165, 1.54) is 33.4 Å². The van der Waals surface area contributed by atoms with Crippen LogP contribution in [0, 0.1) is 0 Å². The van der Waals surface area contributed by atoms with Crippen molar-refractivity contribution in [2.75, 3.05) is 0 Å². The number of fused-ring (bicyclic) bond motifs is 3. The van der Waals surface area contributed by atoms with E-state index in [0.29, 0.717) is 23.3 Å². The van der Waals surface area contributed by atoms with Gasteiger partial charge in [0.15, 0.2) is 23.3 Å². The topological polar surface area (TPSA) is 77.6 Å². The molecule has 3 heterocycles. The quantitative estimate of drug-likeness (QED) is 0.159. The Morgan fingerprint density at radius 3 is 1.32 bits per heavy atom. The molecule has 2 unspecified atom stereocenters. The molecule has 0 amide bonds. The summed E-state index contributed by atoms with van der Waals surface area (Å²) in [5.74, 6) is 2.73. The van der Waals surface area contributed by atoms with E-state index in [1.807, 2.05) is 66.7 Å². The van der Waals surface area contributed by atoms with Gasteiger partial charge in [0.2, 0.25) is 0 Å². The van der Waals surface area contributed by atoms with Crippen LogP contribution in [0.3, 0.4) is 0 Å². The Balaban J connectivity index is 0.863. The summed E-state index contributed by atoms with van der Waals surface area (Å²) >= 11 is 0. The first-order chi connectivity index (χ1) is 34.2. The van der Waals surface area contributed by atoms with Gasteiger partial charge in [0.25, 0.3) is 0 Å². The van der Waals surface area contributed by atoms with Gasteiger partial charge in [0.05, 0.1) is 11.4 Å². The molecule has 0 radical (unpaired) electrons. The Labute approximate surface area is 398 Å².